The Bertz CT molecular complexity index is 254. The molecule has 0 radical (unpaired) electrons. The summed E-state index contributed by atoms with van der Waals surface area (Å²) < 4.78 is 0. The summed E-state index contributed by atoms with van der Waals surface area (Å²) in [4.78, 5) is 17.0. The molecule has 1 amide bonds. The molecule has 92 valence electrons. The number of rotatable bonds is 2. The summed E-state index contributed by atoms with van der Waals surface area (Å²) in [6.07, 6.45) is 8.90. The number of nitrogens with zero attached hydrogens (tertiary/aromatic N) is 1. The smallest absolute Gasteiger partial charge is 0.248 e. The second-order valence-corrected chi connectivity index (χ2v) is 5.33. The first-order valence-electron chi connectivity index (χ1n) is 6.54. The highest BCUT2D eigenvalue weighted by atomic mass is 16.7. The van der Waals surface area contributed by atoms with Crippen LogP contribution in [0.15, 0.2) is 0 Å². The van der Waals surface area contributed by atoms with Crippen LogP contribution in [0.1, 0.15) is 44.9 Å². The number of carbonyl (C=O) groups is 1. The van der Waals surface area contributed by atoms with Gasteiger partial charge in [-0.2, -0.15) is 0 Å². The number of carbonyl (C=O) groups excluding carboxylic acids is 1. The summed E-state index contributed by atoms with van der Waals surface area (Å²) in [5.74, 6) is 2.10. The van der Waals surface area contributed by atoms with Gasteiger partial charge in [0.25, 0.3) is 0 Å². The molecule has 2 saturated carbocycles. The number of hydrogen-bond acceptors (Lipinski definition) is 2. The monoisotopic (exact) mass is 225 g/mol. The van der Waals surface area contributed by atoms with E-state index in [1.54, 1.807) is 14.2 Å². The standard InChI is InChI=1S/C13H23NO2/c1-14(16-2)13(15)12-8-7-10-5-3-4-6-11(10)9-12/h10-12H,3-9H2,1-2H3. The zero-order valence-corrected chi connectivity index (χ0v) is 10.4. The molecule has 3 unspecified atom stereocenters. The van der Waals surface area contributed by atoms with Crippen molar-refractivity contribution in [3.63, 3.8) is 0 Å². The fourth-order valence-corrected chi connectivity index (χ4v) is 3.44. The molecular formula is C13H23NO2. The van der Waals surface area contributed by atoms with Crippen LogP contribution in [-0.2, 0) is 9.63 Å². The van der Waals surface area contributed by atoms with E-state index in [0.29, 0.717) is 0 Å². The molecule has 0 aliphatic heterocycles. The maximum absolute atomic E-state index is 12.0. The third-order valence-electron chi connectivity index (χ3n) is 4.47. The number of hydrogen-bond donors (Lipinski definition) is 0. The van der Waals surface area contributed by atoms with E-state index < -0.39 is 0 Å². The van der Waals surface area contributed by atoms with Gasteiger partial charge in [-0.05, 0) is 31.1 Å². The lowest BCUT2D eigenvalue weighted by Gasteiger charge is -2.39. The van der Waals surface area contributed by atoms with Gasteiger partial charge in [0.15, 0.2) is 0 Å². The SMILES string of the molecule is CON(C)C(=O)C1CCC2CCCCC2C1. The number of fused-ring (bicyclic) bond motifs is 1. The molecule has 2 aliphatic rings. The Hall–Kier alpha value is -0.570. The molecule has 0 saturated heterocycles. The van der Waals surface area contributed by atoms with E-state index in [2.05, 4.69) is 0 Å². The van der Waals surface area contributed by atoms with Crippen molar-refractivity contribution >= 4 is 5.91 Å². The third kappa shape index (κ3) is 2.40. The molecule has 0 aromatic carbocycles. The summed E-state index contributed by atoms with van der Waals surface area (Å²) in [6, 6.07) is 0. The van der Waals surface area contributed by atoms with Gasteiger partial charge >= 0.3 is 0 Å². The van der Waals surface area contributed by atoms with Crippen LogP contribution in [0.4, 0.5) is 0 Å². The van der Waals surface area contributed by atoms with Crippen molar-refractivity contribution in [2.75, 3.05) is 14.2 Å². The van der Waals surface area contributed by atoms with Crippen LogP contribution < -0.4 is 0 Å². The first-order chi connectivity index (χ1) is 7.72. The van der Waals surface area contributed by atoms with Crippen LogP contribution in [0.3, 0.4) is 0 Å². The van der Waals surface area contributed by atoms with E-state index in [1.807, 2.05) is 0 Å². The lowest BCUT2D eigenvalue weighted by molar-refractivity contribution is -0.175. The quantitative estimate of drug-likeness (QED) is 0.676. The van der Waals surface area contributed by atoms with E-state index in [1.165, 1.54) is 37.2 Å². The van der Waals surface area contributed by atoms with Gasteiger partial charge in [0.2, 0.25) is 5.91 Å². The number of hydroxylamine groups is 2. The average molecular weight is 225 g/mol. The molecule has 3 nitrogen and oxygen atoms in total. The van der Waals surface area contributed by atoms with Gasteiger partial charge in [-0.15, -0.1) is 0 Å². The molecule has 2 rings (SSSR count). The summed E-state index contributed by atoms with van der Waals surface area (Å²) in [7, 11) is 3.28. The van der Waals surface area contributed by atoms with Crippen molar-refractivity contribution in [2.45, 2.75) is 44.9 Å². The molecular weight excluding hydrogens is 202 g/mol. The van der Waals surface area contributed by atoms with Gasteiger partial charge in [-0.25, -0.2) is 5.06 Å². The molecule has 0 N–H and O–H groups in total. The van der Waals surface area contributed by atoms with Gasteiger partial charge < -0.3 is 0 Å². The summed E-state index contributed by atoms with van der Waals surface area (Å²) >= 11 is 0. The minimum absolute atomic E-state index is 0.173. The van der Waals surface area contributed by atoms with Gasteiger partial charge in [0.1, 0.15) is 0 Å². The van der Waals surface area contributed by atoms with E-state index in [4.69, 9.17) is 4.84 Å². The molecule has 2 fully saturated rings. The van der Waals surface area contributed by atoms with Gasteiger partial charge in [-0.3, -0.25) is 9.63 Å². The van der Waals surface area contributed by atoms with E-state index in [-0.39, 0.29) is 11.8 Å². The maximum Gasteiger partial charge on any atom is 0.248 e. The first kappa shape index (κ1) is 11.9. The molecule has 3 heteroatoms. The van der Waals surface area contributed by atoms with Crippen molar-refractivity contribution < 1.29 is 9.63 Å². The lowest BCUT2D eigenvalue weighted by Crippen LogP contribution is -2.37. The Morgan fingerprint density at radius 1 is 1.12 bits per heavy atom. The van der Waals surface area contributed by atoms with E-state index in [9.17, 15) is 4.79 Å². The highest BCUT2D eigenvalue weighted by Crippen LogP contribution is 2.42. The Morgan fingerprint density at radius 2 is 1.81 bits per heavy atom. The summed E-state index contributed by atoms with van der Waals surface area (Å²) in [5, 5.41) is 1.40. The minimum atomic E-state index is 0.173. The first-order valence-corrected chi connectivity index (χ1v) is 6.54. The fourth-order valence-electron chi connectivity index (χ4n) is 3.44. The van der Waals surface area contributed by atoms with Crippen molar-refractivity contribution in [3.05, 3.63) is 0 Å². The zero-order chi connectivity index (χ0) is 11.5. The maximum atomic E-state index is 12.0. The third-order valence-corrected chi connectivity index (χ3v) is 4.47. The van der Waals surface area contributed by atoms with Gasteiger partial charge in [0.05, 0.1) is 7.11 Å². The second-order valence-electron chi connectivity index (χ2n) is 5.33. The normalized spacial score (nSPS) is 34.2. The molecule has 0 heterocycles. The molecule has 0 aromatic heterocycles. The Labute approximate surface area is 98.1 Å². The average Bonchev–Trinajstić information content (AvgIpc) is 2.36. The van der Waals surface area contributed by atoms with Crippen LogP contribution in [0.2, 0.25) is 0 Å². The summed E-state index contributed by atoms with van der Waals surface area (Å²) in [6.45, 7) is 0. The summed E-state index contributed by atoms with van der Waals surface area (Å²) in [5.41, 5.74) is 0. The minimum Gasteiger partial charge on any atom is -0.275 e. The van der Waals surface area contributed by atoms with Crippen LogP contribution >= 0.6 is 0 Å². The molecule has 0 spiro atoms. The molecule has 2 aliphatic carbocycles. The van der Waals surface area contributed by atoms with E-state index in [0.717, 1.165) is 24.7 Å². The van der Waals surface area contributed by atoms with E-state index >= 15 is 0 Å². The lowest BCUT2D eigenvalue weighted by atomic mass is 9.67. The molecule has 0 bridgehead atoms. The Balaban J connectivity index is 1.92. The predicted octanol–water partition coefficient (Wildman–Crippen LogP) is 2.61. The topological polar surface area (TPSA) is 29.5 Å². The Kier molecular flexibility index (Phi) is 3.85. The molecule has 0 aromatic rings. The van der Waals surface area contributed by atoms with Crippen LogP contribution in [0.5, 0.6) is 0 Å². The molecule has 16 heavy (non-hydrogen) atoms. The predicted molar refractivity (Wildman–Crippen MR) is 62.6 cm³/mol. The molecule has 3 atom stereocenters. The van der Waals surface area contributed by atoms with Gasteiger partial charge in [-0.1, -0.05) is 25.7 Å². The van der Waals surface area contributed by atoms with Crippen LogP contribution in [0, 0.1) is 17.8 Å². The van der Waals surface area contributed by atoms with Crippen LogP contribution in [-0.4, -0.2) is 25.1 Å². The Morgan fingerprint density at radius 3 is 2.50 bits per heavy atom. The largest absolute Gasteiger partial charge is 0.275 e. The number of amides is 1. The van der Waals surface area contributed by atoms with Crippen LogP contribution in [0.25, 0.3) is 0 Å². The van der Waals surface area contributed by atoms with Crippen molar-refractivity contribution in [1.82, 2.24) is 5.06 Å². The highest BCUT2D eigenvalue weighted by molar-refractivity contribution is 5.77. The fraction of sp³-hybridized carbons (Fsp3) is 0.923. The highest BCUT2D eigenvalue weighted by Gasteiger charge is 2.35. The van der Waals surface area contributed by atoms with Gasteiger partial charge in [0, 0.05) is 13.0 Å². The van der Waals surface area contributed by atoms with Crippen molar-refractivity contribution in [3.8, 4) is 0 Å². The zero-order valence-electron chi connectivity index (χ0n) is 10.4. The second kappa shape index (κ2) is 5.17. The van der Waals surface area contributed by atoms with Crippen molar-refractivity contribution in [2.24, 2.45) is 17.8 Å². The van der Waals surface area contributed by atoms with Crippen molar-refractivity contribution in [1.29, 1.82) is 0 Å².